The van der Waals surface area contributed by atoms with Gasteiger partial charge in [0, 0.05) is 24.1 Å². The molecule has 0 bridgehead atoms. The highest BCUT2D eigenvalue weighted by Gasteiger charge is 2.27. The lowest BCUT2D eigenvalue weighted by molar-refractivity contribution is -0.125. The van der Waals surface area contributed by atoms with Gasteiger partial charge in [-0.25, -0.2) is 0 Å². The summed E-state index contributed by atoms with van der Waals surface area (Å²) in [6.45, 7) is 0.408. The van der Waals surface area contributed by atoms with Crippen LogP contribution in [-0.2, 0) is 11.3 Å². The third-order valence-corrected chi connectivity index (χ3v) is 3.52. The monoisotopic (exact) mass is 297 g/mol. The highest BCUT2D eigenvalue weighted by atomic mass is 35.5. The smallest absolute Gasteiger partial charge is 0.248 e. The molecule has 1 fully saturated rings. The Balaban J connectivity index is 0.00000200. The highest BCUT2D eigenvalue weighted by Crippen LogP contribution is 2.24. The first kappa shape index (κ1) is 16.5. The fraction of sp³-hybridized carbons (Fsp3) is 0.429. The van der Waals surface area contributed by atoms with E-state index < -0.39 is 5.91 Å². The van der Waals surface area contributed by atoms with Gasteiger partial charge in [-0.3, -0.25) is 9.59 Å². The molecule has 2 atom stereocenters. The van der Waals surface area contributed by atoms with Crippen molar-refractivity contribution in [1.29, 1.82) is 0 Å². The molecule has 0 radical (unpaired) electrons. The zero-order valence-electron chi connectivity index (χ0n) is 11.2. The van der Waals surface area contributed by atoms with Crippen LogP contribution in [0.4, 0.5) is 0 Å². The Morgan fingerprint density at radius 2 is 2.05 bits per heavy atom. The van der Waals surface area contributed by atoms with Gasteiger partial charge in [0.15, 0.2) is 0 Å². The molecule has 0 aromatic heterocycles. The number of hydrogen-bond acceptors (Lipinski definition) is 3. The van der Waals surface area contributed by atoms with Gasteiger partial charge in [-0.05, 0) is 37.0 Å². The molecular formula is C14H20ClN3O2. The van der Waals surface area contributed by atoms with E-state index in [0.29, 0.717) is 12.1 Å². The molecule has 6 heteroatoms. The van der Waals surface area contributed by atoms with E-state index in [1.54, 1.807) is 18.2 Å². The van der Waals surface area contributed by atoms with E-state index in [-0.39, 0.29) is 30.3 Å². The van der Waals surface area contributed by atoms with Crippen LogP contribution in [0, 0.1) is 5.92 Å². The molecule has 20 heavy (non-hydrogen) atoms. The lowest BCUT2D eigenvalue weighted by Gasteiger charge is -2.11. The molecule has 0 spiro atoms. The number of hydrogen-bond donors (Lipinski definition) is 3. The average Bonchev–Trinajstić information content (AvgIpc) is 2.83. The molecule has 2 amide bonds. The lowest BCUT2D eigenvalue weighted by Crippen LogP contribution is -2.30. The van der Waals surface area contributed by atoms with E-state index in [2.05, 4.69) is 5.32 Å². The molecule has 0 aliphatic heterocycles. The van der Waals surface area contributed by atoms with Crippen LogP contribution in [0.25, 0.3) is 0 Å². The second-order valence-electron chi connectivity index (χ2n) is 5.05. The third-order valence-electron chi connectivity index (χ3n) is 3.52. The van der Waals surface area contributed by atoms with Crippen molar-refractivity contribution in [3.8, 4) is 0 Å². The lowest BCUT2D eigenvalue weighted by atomic mass is 10.1. The van der Waals surface area contributed by atoms with Gasteiger partial charge < -0.3 is 16.8 Å². The molecule has 2 unspecified atom stereocenters. The molecule has 5 nitrogen and oxygen atoms in total. The Hall–Kier alpha value is -1.59. The van der Waals surface area contributed by atoms with Gasteiger partial charge in [-0.2, -0.15) is 0 Å². The number of nitrogens with two attached hydrogens (primary N) is 2. The Labute approximate surface area is 124 Å². The molecule has 5 N–H and O–H groups in total. The first-order valence-electron chi connectivity index (χ1n) is 6.48. The van der Waals surface area contributed by atoms with Gasteiger partial charge in [0.25, 0.3) is 0 Å². The summed E-state index contributed by atoms with van der Waals surface area (Å²) in [7, 11) is 0. The highest BCUT2D eigenvalue weighted by molar-refractivity contribution is 5.92. The number of carbonyl (C=O) groups is 2. The van der Waals surface area contributed by atoms with Crippen molar-refractivity contribution in [2.24, 2.45) is 17.4 Å². The number of amides is 2. The quantitative estimate of drug-likeness (QED) is 0.771. The SMILES string of the molecule is Cl.NC(=O)c1cccc(CNC(=O)C2CCC(N)C2)c1. The molecule has 1 saturated carbocycles. The van der Waals surface area contributed by atoms with E-state index in [1.807, 2.05) is 6.07 Å². The number of nitrogens with one attached hydrogen (secondary N) is 1. The maximum absolute atomic E-state index is 11.9. The zero-order chi connectivity index (χ0) is 13.8. The third kappa shape index (κ3) is 4.21. The van der Waals surface area contributed by atoms with E-state index in [9.17, 15) is 9.59 Å². The van der Waals surface area contributed by atoms with Crippen LogP contribution in [0.15, 0.2) is 24.3 Å². The van der Waals surface area contributed by atoms with Crippen molar-refractivity contribution in [3.63, 3.8) is 0 Å². The van der Waals surface area contributed by atoms with E-state index >= 15 is 0 Å². The van der Waals surface area contributed by atoms with Crippen LogP contribution in [0.1, 0.15) is 35.2 Å². The molecule has 0 saturated heterocycles. The second-order valence-corrected chi connectivity index (χ2v) is 5.05. The maximum atomic E-state index is 11.9. The van der Waals surface area contributed by atoms with Crippen molar-refractivity contribution in [2.75, 3.05) is 0 Å². The average molecular weight is 298 g/mol. The van der Waals surface area contributed by atoms with Crippen molar-refractivity contribution in [3.05, 3.63) is 35.4 Å². The van der Waals surface area contributed by atoms with Gasteiger partial charge in [-0.15, -0.1) is 12.4 Å². The standard InChI is InChI=1S/C14H19N3O2.ClH/c15-12-5-4-11(7-12)14(19)17-8-9-2-1-3-10(6-9)13(16)18;/h1-3,6,11-12H,4-5,7-8,15H2,(H2,16,18)(H,17,19);1H. The van der Waals surface area contributed by atoms with Crippen molar-refractivity contribution < 1.29 is 9.59 Å². The predicted molar refractivity (Wildman–Crippen MR) is 79.4 cm³/mol. The van der Waals surface area contributed by atoms with Crippen LogP contribution in [0.2, 0.25) is 0 Å². The van der Waals surface area contributed by atoms with E-state index in [4.69, 9.17) is 11.5 Å². The molecular weight excluding hydrogens is 278 g/mol. The number of rotatable bonds is 4. The number of primary amides is 1. The largest absolute Gasteiger partial charge is 0.366 e. The number of halogens is 1. The zero-order valence-corrected chi connectivity index (χ0v) is 12.0. The Kier molecular flexibility index (Phi) is 5.98. The van der Waals surface area contributed by atoms with Gasteiger partial charge in [0.1, 0.15) is 0 Å². The fourth-order valence-electron chi connectivity index (χ4n) is 2.42. The summed E-state index contributed by atoms with van der Waals surface area (Å²) in [6.07, 6.45) is 2.52. The van der Waals surface area contributed by atoms with Crippen LogP contribution in [-0.4, -0.2) is 17.9 Å². The van der Waals surface area contributed by atoms with Crippen LogP contribution < -0.4 is 16.8 Å². The first-order chi connectivity index (χ1) is 9.06. The van der Waals surface area contributed by atoms with Gasteiger partial charge in [-0.1, -0.05) is 12.1 Å². The summed E-state index contributed by atoms with van der Waals surface area (Å²) < 4.78 is 0. The molecule has 2 rings (SSSR count). The molecule has 1 aromatic carbocycles. The minimum atomic E-state index is -0.463. The molecule has 0 heterocycles. The number of benzene rings is 1. The van der Waals surface area contributed by atoms with Gasteiger partial charge in [0.2, 0.25) is 11.8 Å². The number of carbonyl (C=O) groups excluding carboxylic acids is 2. The van der Waals surface area contributed by atoms with Crippen molar-refractivity contribution in [2.45, 2.75) is 31.8 Å². The van der Waals surface area contributed by atoms with Crippen LogP contribution in [0.5, 0.6) is 0 Å². The summed E-state index contributed by atoms with van der Waals surface area (Å²) in [5.74, 6) is -0.401. The summed E-state index contributed by atoms with van der Waals surface area (Å²) in [5.41, 5.74) is 12.3. The van der Waals surface area contributed by atoms with Crippen molar-refractivity contribution in [1.82, 2.24) is 5.32 Å². The summed E-state index contributed by atoms with van der Waals surface area (Å²) in [5, 5.41) is 2.88. The topological polar surface area (TPSA) is 98.2 Å². The summed E-state index contributed by atoms with van der Waals surface area (Å²) >= 11 is 0. The minimum Gasteiger partial charge on any atom is -0.366 e. The van der Waals surface area contributed by atoms with Crippen LogP contribution in [0.3, 0.4) is 0 Å². The summed E-state index contributed by atoms with van der Waals surface area (Å²) in [4.78, 5) is 23.0. The molecule has 1 aliphatic rings. The van der Waals surface area contributed by atoms with Gasteiger partial charge >= 0.3 is 0 Å². The van der Waals surface area contributed by atoms with Crippen molar-refractivity contribution >= 4 is 24.2 Å². The van der Waals surface area contributed by atoms with E-state index in [0.717, 1.165) is 24.8 Å². The predicted octanol–water partition coefficient (Wildman–Crippen LogP) is 0.951. The molecule has 110 valence electrons. The Morgan fingerprint density at radius 3 is 2.65 bits per heavy atom. The molecule has 1 aromatic rings. The Bertz CT molecular complexity index is 493. The fourth-order valence-corrected chi connectivity index (χ4v) is 2.42. The summed E-state index contributed by atoms with van der Waals surface area (Å²) in [6, 6.07) is 7.11. The van der Waals surface area contributed by atoms with Crippen LogP contribution >= 0.6 is 12.4 Å². The normalized spacial score (nSPS) is 21.1. The molecule has 1 aliphatic carbocycles. The van der Waals surface area contributed by atoms with E-state index in [1.165, 1.54) is 0 Å². The van der Waals surface area contributed by atoms with Gasteiger partial charge in [0.05, 0.1) is 0 Å². The minimum absolute atomic E-state index is 0. The maximum Gasteiger partial charge on any atom is 0.248 e. The first-order valence-corrected chi connectivity index (χ1v) is 6.48. The Morgan fingerprint density at radius 1 is 1.30 bits per heavy atom. The second kappa shape index (κ2) is 7.26.